The van der Waals surface area contributed by atoms with Crippen LogP contribution in [-0.2, 0) is 6.54 Å². The first kappa shape index (κ1) is 11.0. The maximum absolute atomic E-state index is 10.4. The maximum atomic E-state index is 10.4. The number of hydrogen-bond acceptors (Lipinski definition) is 5. The molecular weight excluding hydrogens is 224 g/mol. The van der Waals surface area contributed by atoms with Gasteiger partial charge in [-0.1, -0.05) is 0 Å². The Morgan fingerprint density at radius 2 is 1.94 bits per heavy atom. The predicted molar refractivity (Wildman–Crippen MR) is 60.8 cm³/mol. The van der Waals surface area contributed by atoms with Gasteiger partial charge in [0.15, 0.2) is 0 Å². The Hall–Kier alpha value is -2.50. The molecule has 0 aliphatic heterocycles. The first-order chi connectivity index (χ1) is 8.15. The van der Waals surface area contributed by atoms with E-state index in [-0.39, 0.29) is 11.6 Å². The van der Waals surface area contributed by atoms with Crippen molar-refractivity contribution in [2.75, 3.05) is 5.32 Å². The van der Waals surface area contributed by atoms with Gasteiger partial charge in [-0.3, -0.25) is 10.1 Å². The highest BCUT2D eigenvalue weighted by molar-refractivity contribution is 5.46. The molecule has 2 aromatic rings. The number of aromatic hydroxyl groups is 1. The topological polar surface area (TPSA) is 88.5 Å². The van der Waals surface area contributed by atoms with Gasteiger partial charge in [-0.15, -0.1) is 0 Å². The lowest BCUT2D eigenvalue weighted by Gasteiger charge is -2.03. The molecule has 6 heteroatoms. The third-order valence-electron chi connectivity index (χ3n) is 2.16. The minimum atomic E-state index is -0.579. The Morgan fingerprint density at radius 1 is 1.24 bits per heavy atom. The molecule has 0 spiro atoms. The standard InChI is InChI=1S/C11H10N2O4/c14-9-3-1-8(2-4-9)12-7-10-5-6-11(17-10)13(15)16/h1-6,12,14H,7H2. The second kappa shape index (κ2) is 4.56. The third kappa shape index (κ3) is 2.75. The number of anilines is 1. The van der Waals surface area contributed by atoms with E-state index in [1.807, 2.05) is 0 Å². The van der Waals surface area contributed by atoms with Crippen molar-refractivity contribution in [3.63, 3.8) is 0 Å². The van der Waals surface area contributed by atoms with Crippen molar-refractivity contribution in [3.8, 4) is 5.75 Å². The zero-order chi connectivity index (χ0) is 12.3. The van der Waals surface area contributed by atoms with Gasteiger partial charge < -0.3 is 14.8 Å². The van der Waals surface area contributed by atoms with E-state index in [2.05, 4.69) is 5.32 Å². The fourth-order valence-electron chi connectivity index (χ4n) is 1.33. The van der Waals surface area contributed by atoms with E-state index in [0.29, 0.717) is 12.3 Å². The average Bonchev–Trinajstić information content (AvgIpc) is 2.77. The largest absolute Gasteiger partial charge is 0.508 e. The summed E-state index contributed by atoms with van der Waals surface area (Å²) in [4.78, 5) is 9.81. The van der Waals surface area contributed by atoms with Crippen molar-refractivity contribution in [3.05, 3.63) is 52.3 Å². The molecule has 0 saturated heterocycles. The van der Waals surface area contributed by atoms with Gasteiger partial charge in [0.1, 0.15) is 16.4 Å². The molecule has 0 radical (unpaired) electrons. The number of rotatable bonds is 4. The molecule has 2 N–H and O–H groups in total. The average molecular weight is 234 g/mol. The highest BCUT2D eigenvalue weighted by atomic mass is 16.6. The number of nitro groups is 1. The van der Waals surface area contributed by atoms with Crippen LogP contribution in [0.25, 0.3) is 0 Å². The van der Waals surface area contributed by atoms with Crippen LogP contribution in [0.1, 0.15) is 5.76 Å². The van der Waals surface area contributed by atoms with Crippen LogP contribution in [-0.4, -0.2) is 10.0 Å². The minimum absolute atomic E-state index is 0.184. The van der Waals surface area contributed by atoms with E-state index in [1.165, 1.54) is 6.07 Å². The lowest BCUT2D eigenvalue weighted by molar-refractivity contribution is -0.402. The van der Waals surface area contributed by atoms with Crippen LogP contribution in [0, 0.1) is 10.1 Å². The summed E-state index contributed by atoms with van der Waals surface area (Å²) in [6.07, 6.45) is 0. The lowest BCUT2D eigenvalue weighted by atomic mass is 10.3. The summed E-state index contributed by atoms with van der Waals surface area (Å²) < 4.78 is 4.98. The maximum Gasteiger partial charge on any atom is 0.433 e. The van der Waals surface area contributed by atoms with Gasteiger partial charge in [-0.05, 0) is 30.3 Å². The highest BCUT2D eigenvalue weighted by Gasteiger charge is 2.11. The summed E-state index contributed by atoms with van der Waals surface area (Å²) >= 11 is 0. The number of nitrogens with zero attached hydrogens (tertiary/aromatic N) is 1. The Morgan fingerprint density at radius 3 is 2.53 bits per heavy atom. The van der Waals surface area contributed by atoms with E-state index in [0.717, 1.165) is 5.69 Å². The van der Waals surface area contributed by atoms with Crippen LogP contribution >= 0.6 is 0 Å². The second-order valence-corrected chi connectivity index (χ2v) is 3.40. The number of benzene rings is 1. The number of phenolic OH excluding ortho intramolecular Hbond substituents is 1. The third-order valence-corrected chi connectivity index (χ3v) is 2.16. The fraction of sp³-hybridized carbons (Fsp3) is 0.0909. The van der Waals surface area contributed by atoms with Crippen molar-refractivity contribution >= 4 is 11.6 Å². The zero-order valence-electron chi connectivity index (χ0n) is 8.79. The number of phenols is 1. The second-order valence-electron chi connectivity index (χ2n) is 3.40. The van der Waals surface area contributed by atoms with Crippen LogP contribution in [0.15, 0.2) is 40.8 Å². The molecule has 88 valence electrons. The van der Waals surface area contributed by atoms with Gasteiger partial charge in [-0.25, -0.2) is 0 Å². The van der Waals surface area contributed by atoms with Gasteiger partial charge in [0.2, 0.25) is 0 Å². The van der Waals surface area contributed by atoms with E-state index in [1.54, 1.807) is 30.3 Å². The first-order valence-electron chi connectivity index (χ1n) is 4.91. The van der Waals surface area contributed by atoms with Crippen LogP contribution in [0.2, 0.25) is 0 Å². The molecule has 0 saturated carbocycles. The molecular formula is C11H10N2O4. The molecule has 2 rings (SSSR count). The van der Waals surface area contributed by atoms with Crippen molar-refractivity contribution in [1.29, 1.82) is 0 Å². The molecule has 17 heavy (non-hydrogen) atoms. The SMILES string of the molecule is O=[N+]([O-])c1ccc(CNc2ccc(O)cc2)o1. The summed E-state index contributed by atoms with van der Waals surface area (Å²) in [6.45, 7) is 0.346. The smallest absolute Gasteiger partial charge is 0.433 e. The molecule has 1 aromatic heterocycles. The fourth-order valence-corrected chi connectivity index (χ4v) is 1.33. The molecule has 1 aromatic carbocycles. The molecule has 6 nitrogen and oxygen atoms in total. The lowest BCUT2D eigenvalue weighted by Crippen LogP contribution is -1.97. The van der Waals surface area contributed by atoms with E-state index in [4.69, 9.17) is 9.52 Å². The Kier molecular flexibility index (Phi) is 2.95. The quantitative estimate of drug-likeness (QED) is 0.482. The van der Waals surface area contributed by atoms with Crippen molar-refractivity contribution < 1.29 is 14.4 Å². The van der Waals surface area contributed by atoms with Crippen LogP contribution in [0.5, 0.6) is 5.75 Å². The number of furan rings is 1. The van der Waals surface area contributed by atoms with Gasteiger partial charge in [-0.2, -0.15) is 0 Å². The molecule has 0 atom stereocenters. The summed E-state index contributed by atoms with van der Waals surface area (Å²) in [6, 6.07) is 9.36. The Balaban J connectivity index is 1.97. The number of nitrogens with one attached hydrogen (secondary N) is 1. The molecule has 0 aliphatic rings. The van der Waals surface area contributed by atoms with Crippen molar-refractivity contribution in [2.45, 2.75) is 6.54 Å². The van der Waals surface area contributed by atoms with Crippen LogP contribution in [0.3, 0.4) is 0 Å². The molecule has 1 heterocycles. The van der Waals surface area contributed by atoms with Gasteiger partial charge in [0, 0.05) is 5.69 Å². The van der Waals surface area contributed by atoms with E-state index >= 15 is 0 Å². The summed E-state index contributed by atoms with van der Waals surface area (Å²) in [5.41, 5.74) is 0.793. The summed E-state index contributed by atoms with van der Waals surface area (Å²) in [5.74, 6) is 0.390. The van der Waals surface area contributed by atoms with Gasteiger partial charge in [0.25, 0.3) is 0 Å². The van der Waals surface area contributed by atoms with E-state index < -0.39 is 4.92 Å². The van der Waals surface area contributed by atoms with Crippen molar-refractivity contribution in [1.82, 2.24) is 0 Å². The predicted octanol–water partition coefficient (Wildman–Crippen LogP) is 2.51. The van der Waals surface area contributed by atoms with Crippen LogP contribution in [0.4, 0.5) is 11.6 Å². The molecule has 0 fully saturated rings. The first-order valence-corrected chi connectivity index (χ1v) is 4.91. The molecule has 0 aliphatic carbocycles. The van der Waals surface area contributed by atoms with Gasteiger partial charge >= 0.3 is 5.88 Å². The summed E-state index contributed by atoms with van der Waals surface area (Å²) in [7, 11) is 0. The normalized spacial score (nSPS) is 10.1. The van der Waals surface area contributed by atoms with Crippen LogP contribution < -0.4 is 5.32 Å². The highest BCUT2D eigenvalue weighted by Crippen LogP contribution is 2.18. The molecule has 0 amide bonds. The van der Waals surface area contributed by atoms with E-state index in [9.17, 15) is 10.1 Å². The minimum Gasteiger partial charge on any atom is -0.508 e. The van der Waals surface area contributed by atoms with Gasteiger partial charge in [0.05, 0.1) is 12.6 Å². The molecule has 0 unspecified atom stereocenters. The zero-order valence-corrected chi connectivity index (χ0v) is 8.79. The van der Waals surface area contributed by atoms with Crippen molar-refractivity contribution in [2.24, 2.45) is 0 Å². The Bertz CT molecular complexity index is 519. The number of hydrogen-bond donors (Lipinski definition) is 2. The monoisotopic (exact) mass is 234 g/mol. The Labute approximate surface area is 96.6 Å². The molecule has 0 bridgehead atoms. The summed E-state index contributed by atoms with van der Waals surface area (Å²) in [5, 5.41) is 22.5.